The van der Waals surface area contributed by atoms with Gasteiger partial charge in [-0.15, -0.1) is 0 Å². The Morgan fingerprint density at radius 3 is 2.67 bits per heavy atom. The summed E-state index contributed by atoms with van der Waals surface area (Å²) in [6, 6.07) is 14.7. The zero-order valence-electron chi connectivity index (χ0n) is 12.3. The average molecular weight is 307 g/mol. The molecule has 2 rings (SSSR count). The largest absolute Gasteiger partial charge is 0.384 e. The van der Waals surface area contributed by atoms with Crippen molar-refractivity contribution in [3.05, 3.63) is 64.9 Å². The minimum atomic E-state index is -0.222. The van der Waals surface area contributed by atoms with Crippen molar-refractivity contribution in [2.75, 3.05) is 25.5 Å². The third-order valence-electron chi connectivity index (χ3n) is 3.61. The standard InChI is InChI=1S/C17H20ClFN2/c1-13(14-5-3-6-15(18)11-14)21(2)10-9-20-17-8-4-7-16(19)12-17/h3-8,11-13,20H,9-10H2,1-2H3. The number of likely N-dealkylation sites (N-methyl/N-ethyl adjacent to an activating group) is 1. The number of nitrogens with zero attached hydrogens (tertiary/aromatic N) is 1. The van der Waals surface area contributed by atoms with Gasteiger partial charge in [0, 0.05) is 29.8 Å². The first-order chi connectivity index (χ1) is 10.1. The fraction of sp³-hybridized carbons (Fsp3) is 0.294. The minimum Gasteiger partial charge on any atom is -0.384 e. The fourth-order valence-corrected chi connectivity index (χ4v) is 2.39. The van der Waals surface area contributed by atoms with Crippen molar-refractivity contribution in [2.24, 2.45) is 0 Å². The summed E-state index contributed by atoms with van der Waals surface area (Å²) in [4.78, 5) is 2.23. The number of halogens is 2. The van der Waals surface area contributed by atoms with Gasteiger partial charge in [-0.25, -0.2) is 4.39 Å². The van der Waals surface area contributed by atoms with Gasteiger partial charge in [-0.3, -0.25) is 4.90 Å². The van der Waals surface area contributed by atoms with Crippen LogP contribution in [0.1, 0.15) is 18.5 Å². The number of nitrogens with one attached hydrogen (secondary N) is 1. The summed E-state index contributed by atoms with van der Waals surface area (Å²) in [5.74, 6) is -0.222. The van der Waals surface area contributed by atoms with E-state index in [9.17, 15) is 4.39 Å². The van der Waals surface area contributed by atoms with Crippen molar-refractivity contribution in [1.82, 2.24) is 4.90 Å². The van der Waals surface area contributed by atoms with Gasteiger partial charge in [0.05, 0.1) is 0 Å². The van der Waals surface area contributed by atoms with Gasteiger partial charge in [-0.1, -0.05) is 29.8 Å². The number of rotatable bonds is 6. The van der Waals surface area contributed by atoms with Gasteiger partial charge in [-0.05, 0) is 49.9 Å². The molecule has 0 spiro atoms. The Hall–Kier alpha value is -1.58. The highest BCUT2D eigenvalue weighted by Crippen LogP contribution is 2.21. The molecule has 0 saturated heterocycles. The van der Waals surface area contributed by atoms with Crippen LogP contribution in [0, 0.1) is 5.82 Å². The van der Waals surface area contributed by atoms with Crippen LogP contribution < -0.4 is 5.32 Å². The normalized spacial score (nSPS) is 12.4. The Labute approximate surface area is 130 Å². The highest BCUT2D eigenvalue weighted by Gasteiger charge is 2.11. The molecule has 21 heavy (non-hydrogen) atoms. The third kappa shape index (κ3) is 4.73. The van der Waals surface area contributed by atoms with Crippen LogP contribution in [0.4, 0.5) is 10.1 Å². The van der Waals surface area contributed by atoms with Crippen LogP contribution >= 0.6 is 11.6 Å². The van der Waals surface area contributed by atoms with Crippen molar-refractivity contribution >= 4 is 17.3 Å². The van der Waals surface area contributed by atoms with E-state index in [4.69, 9.17) is 11.6 Å². The summed E-state index contributed by atoms with van der Waals surface area (Å²) in [6.45, 7) is 3.75. The van der Waals surface area contributed by atoms with Gasteiger partial charge < -0.3 is 5.32 Å². The molecule has 112 valence electrons. The number of hydrogen-bond acceptors (Lipinski definition) is 2. The second-order valence-corrected chi connectivity index (χ2v) is 5.59. The van der Waals surface area contributed by atoms with Crippen LogP contribution in [-0.2, 0) is 0 Å². The molecule has 2 nitrogen and oxygen atoms in total. The molecule has 0 saturated carbocycles. The molecule has 0 aliphatic heterocycles. The second-order valence-electron chi connectivity index (χ2n) is 5.15. The molecule has 1 N–H and O–H groups in total. The van der Waals surface area contributed by atoms with Crippen molar-refractivity contribution in [1.29, 1.82) is 0 Å². The van der Waals surface area contributed by atoms with Gasteiger partial charge in [-0.2, -0.15) is 0 Å². The average Bonchev–Trinajstić information content (AvgIpc) is 2.46. The van der Waals surface area contributed by atoms with E-state index in [0.29, 0.717) is 0 Å². The monoisotopic (exact) mass is 306 g/mol. The van der Waals surface area contributed by atoms with Crippen molar-refractivity contribution in [3.8, 4) is 0 Å². The summed E-state index contributed by atoms with van der Waals surface area (Å²) in [5, 5.41) is 3.98. The van der Waals surface area contributed by atoms with Crippen LogP contribution in [0.15, 0.2) is 48.5 Å². The van der Waals surface area contributed by atoms with Gasteiger partial charge >= 0.3 is 0 Å². The number of benzene rings is 2. The predicted octanol–water partition coefficient (Wildman–Crippen LogP) is 4.58. The van der Waals surface area contributed by atoms with Gasteiger partial charge in [0.15, 0.2) is 0 Å². The summed E-state index contributed by atoms with van der Waals surface area (Å²) < 4.78 is 13.1. The molecule has 0 aliphatic rings. The van der Waals surface area contributed by atoms with Gasteiger partial charge in [0.25, 0.3) is 0 Å². The van der Waals surface area contributed by atoms with Crippen LogP contribution in [-0.4, -0.2) is 25.0 Å². The Kier molecular flexibility index (Phi) is 5.59. The molecule has 2 aromatic rings. The molecule has 0 heterocycles. The first-order valence-electron chi connectivity index (χ1n) is 7.01. The Morgan fingerprint density at radius 2 is 1.95 bits per heavy atom. The third-order valence-corrected chi connectivity index (χ3v) is 3.85. The molecule has 0 fully saturated rings. The van der Waals surface area contributed by atoms with E-state index < -0.39 is 0 Å². The zero-order valence-corrected chi connectivity index (χ0v) is 13.1. The van der Waals surface area contributed by atoms with E-state index in [-0.39, 0.29) is 11.9 Å². The van der Waals surface area contributed by atoms with Crippen molar-refractivity contribution in [2.45, 2.75) is 13.0 Å². The Balaban J connectivity index is 1.85. The lowest BCUT2D eigenvalue weighted by atomic mass is 10.1. The topological polar surface area (TPSA) is 15.3 Å². The molecule has 2 aromatic carbocycles. The van der Waals surface area contributed by atoms with Crippen molar-refractivity contribution in [3.63, 3.8) is 0 Å². The Bertz CT molecular complexity index is 589. The van der Waals surface area contributed by atoms with E-state index in [1.54, 1.807) is 6.07 Å². The molecule has 1 atom stereocenters. The molecule has 0 bridgehead atoms. The lowest BCUT2D eigenvalue weighted by Crippen LogP contribution is -2.28. The lowest BCUT2D eigenvalue weighted by Gasteiger charge is -2.25. The van der Waals surface area contributed by atoms with Crippen LogP contribution in [0.2, 0.25) is 5.02 Å². The highest BCUT2D eigenvalue weighted by atomic mass is 35.5. The van der Waals surface area contributed by atoms with E-state index in [0.717, 1.165) is 23.8 Å². The van der Waals surface area contributed by atoms with E-state index >= 15 is 0 Å². The zero-order chi connectivity index (χ0) is 15.2. The van der Waals surface area contributed by atoms with Gasteiger partial charge in [0.2, 0.25) is 0 Å². The molecule has 1 unspecified atom stereocenters. The molecule has 0 aliphatic carbocycles. The highest BCUT2D eigenvalue weighted by molar-refractivity contribution is 6.30. The number of anilines is 1. The molecular weight excluding hydrogens is 287 g/mol. The lowest BCUT2D eigenvalue weighted by molar-refractivity contribution is 0.271. The van der Waals surface area contributed by atoms with Gasteiger partial charge in [0.1, 0.15) is 5.82 Å². The predicted molar refractivity (Wildman–Crippen MR) is 87.4 cm³/mol. The summed E-state index contributed by atoms with van der Waals surface area (Å²) in [6.07, 6.45) is 0. The first-order valence-corrected chi connectivity index (χ1v) is 7.39. The SMILES string of the molecule is CC(c1cccc(Cl)c1)N(C)CCNc1cccc(F)c1. The van der Waals surface area contributed by atoms with E-state index in [2.05, 4.69) is 30.3 Å². The van der Waals surface area contributed by atoms with Crippen molar-refractivity contribution < 1.29 is 4.39 Å². The fourth-order valence-electron chi connectivity index (χ4n) is 2.19. The van der Waals surface area contributed by atoms with Crippen LogP contribution in [0.5, 0.6) is 0 Å². The maximum atomic E-state index is 13.1. The molecular formula is C17H20ClFN2. The summed E-state index contributed by atoms with van der Waals surface area (Å²) in [7, 11) is 2.07. The maximum Gasteiger partial charge on any atom is 0.125 e. The Morgan fingerprint density at radius 1 is 1.19 bits per heavy atom. The second kappa shape index (κ2) is 7.43. The minimum absolute atomic E-state index is 0.222. The van der Waals surface area contributed by atoms with Crippen LogP contribution in [0.3, 0.4) is 0 Å². The molecule has 4 heteroatoms. The quantitative estimate of drug-likeness (QED) is 0.840. The molecule has 0 radical (unpaired) electrons. The van der Waals surface area contributed by atoms with E-state index in [1.165, 1.54) is 17.7 Å². The smallest absolute Gasteiger partial charge is 0.125 e. The van der Waals surface area contributed by atoms with Crippen LogP contribution in [0.25, 0.3) is 0 Å². The van der Waals surface area contributed by atoms with E-state index in [1.807, 2.05) is 24.3 Å². The molecule has 0 amide bonds. The summed E-state index contributed by atoms with van der Waals surface area (Å²) >= 11 is 6.03. The maximum absolute atomic E-state index is 13.1. The molecule has 0 aromatic heterocycles. The summed E-state index contributed by atoms with van der Waals surface area (Å²) in [5.41, 5.74) is 1.99. The first kappa shape index (κ1) is 15.8. The number of hydrogen-bond donors (Lipinski definition) is 1.